The Hall–Kier alpha value is -0.100. The highest BCUT2D eigenvalue weighted by atomic mass is 79.9. The van der Waals surface area contributed by atoms with Crippen LogP contribution in [0.4, 0.5) is 0 Å². The Labute approximate surface area is 96.4 Å². The van der Waals surface area contributed by atoms with E-state index in [1.165, 1.54) is 7.05 Å². The van der Waals surface area contributed by atoms with Crippen molar-refractivity contribution in [3.8, 4) is 0 Å². The maximum Gasteiger partial charge on any atom is 0.299 e. The van der Waals surface area contributed by atoms with Gasteiger partial charge in [0.2, 0.25) is 0 Å². The topological polar surface area (TPSA) is 37.4 Å². The number of nitrogens with zero attached hydrogens (tertiary/aromatic N) is 1. The molecule has 0 aliphatic carbocycles. The van der Waals surface area contributed by atoms with E-state index in [1.807, 2.05) is 24.3 Å². The molecule has 0 amide bonds. The summed E-state index contributed by atoms with van der Waals surface area (Å²) in [4.78, 5) is 0. The molecule has 0 saturated heterocycles. The summed E-state index contributed by atoms with van der Waals surface area (Å²) in [5.41, 5.74) is 0.881. The van der Waals surface area contributed by atoms with Crippen molar-refractivity contribution in [2.75, 3.05) is 7.05 Å². The molecule has 14 heavy (non-hydrogen) atoms. The molecule has 3 nitrogen and oxygen atoms in total. The molecule has 1 aromatic rings. The van der Waals surface area contributed by atoms with E-state index >= 15 is 0 Å². The first-order valence-electron chi connectivity index (χ1n) is 3.80. The van der Waals surface area contributed by atoms with Gasteiger partial charge >= 0.3 is 0 Å². The van der Waals surface area contributed by atoms with Gasteiger partial charge < -0.3 is 0 Å². The van der Waals surface area contributed by atoms with Crippen LogP contribution in [0.2, 0.25) is 0 Å². The van der Waals surface area contributed by atoms with Crippen LogP contribution in [0.3, 0.4) is 0 Å². The van der Waals surface area contributed by atoms with Crippen molar-refractivity contribution in [1.82, 2.24) is 4.31 Å². The fourth-order valence-electron chi connectivity index (χ4n) is 0.970. The van der Waals surface area contributed by atoms with Gasteiger partial charge in [-0.1, -0.05) is 28.1 Å². The molecule has 0 heterocycles. The highest BCUT2D eigenvalue weighted by Crippen LogP contribution is 2.15. The number of hydrogen-bond acceptors (Lipinski definition) is 2. The van der Waals surface area contributed by atoms with Gasteiger partial charge in [-0.25, -0.2) is 0 Å². The van der Waals surface area contributed by atoms with Gasteiger partial charge in [-0.15, -0.1) is 0 Å². The standard InChI is InChI=1S/C8H9BrClNO2S/c1-11(14(10,12)13)6-7-3-2-4-8(9)5-7/h2-5H,6H2,1H3. The van der Waals surface area contributed by atoms with Crippen molar-refractivity contribution >= 4 is 35.8 Å². The molecule has 0 bridgehead atoms. The van der Waals surface area contributed by atoms with Crippen molar-refractivity contribution < 1.29 is 8.42 Å². The van der Waals surface area contributed by atoms with Gasteiger partial charge in [-0.05, 0) is 17.7 Å². The lowest BCUT2D eigenvalue weighted by Gasteiger charge is -2.11. The van der Waals surface area contributed by atoms with E-state index in [0.29, 0.717) is 0 Å². The van der Waals surface area contributed by atoms with Gasteiger partial charge in [-0.2, -0.15) is 12.7 Å². The van der Waals surface area contributed by atoms with Crippen LogP contribution >= 0.6 is 26.6 Å². The first-order valence-corrected chi connectivity index (χ1v) is 6.86. The summed E-state index contributed by atoms with van der Waals surface area (Å²) in [5.74, 6) is 0. The predicted molar refractivity (Wildman–Crippen MR) is 60.4 cm³/mol. The molecule has 0 saturated carbocycles. The number of hydrogen-bond donors (Lipinski definition) is 0. The minimum absolute atomic E-state index is 0.269. The van der Waals surface area contributed by atoms with Crippen LogP contribution in [-0.4, -0.2) is 19.8 Å². The van der Waals surface area contributed by atoms with Gasteiger partial charge in [0.15, 0.2) is 0 Å². The summed E-state index contributed by atoms with van der Waals surface area (Å²) in [6, 6.07) is 7.40. The molecule has 78 valence electrons. The Morgan fingerprint density at radius 2 is 2.14 bits per heavy atom. The lowest BCUT2D eigenvalue weighted by atomic mass is 10.2. The smallest absolute Gasteiger partial charge is 0.195 e. The number of rotatable bonds is 3. The van der Waals surface area contributed by atoms with Crippen LogP contribution in [0, 0.1) is 0 Å². The zero-order valence-corrected chi connectivity index (χ0v) is 10.6. The summed E-state index contributed by atoms with van der Waals surface area (Å²) in [7, 11) is 2.97. The monoisotopic (exact) mass is 297 g/mol. The molecular formula is C8H9BrClNO2S. The van der Waals surface area contributed by atoms with E-state index in [4.69, 9.17) is 10.7 Å². The van der Waals surface area contributed by atoms with Crippen LogP contribution in [0.15, 0.2) is 28.7 Å². The molecule has 0 spiro atoms. The minimum Gasteiger partial charge on any atom is -0.195 e. The second kappa shape index (κ2) is 4.61. The van der Waals surface area contributed by atoms with Crippen LogP contribution < -0.4 is 0 Å². The van der Waals surface area contributed by atoms with E-state index in [9.17, 15) is 8.42 Å². The Bertz CT molecular complexity index is 421. The SMILES string of the molecule is CN(Cc1cccc(Br)c1)S(=O)(=O)Cl. The Kier molecular flexibility index (Phi) is 3.94. The maximum atomic E-state index is 10.9. The molecule has 0 radical (unpaired) electrons. The van der Waals surface area contributed by atoms with Gasteiger partial charge in [-0.3, -0.25) is 0 Å². The van der Waals surface area contributed by atoms with Crippen molar-refractivity contribution in [2.45, 2.75) is 6.54 Å². The molecule has 1 rings (SSSR count). The molecule has 0 unspecified atom stereocenters. The third-order valence-electron chi connectivity index (χ3n) is 1.67. The van der Waals surface area contributed by atoms with E-state index in [2.05, 4.69) is 15.9 Å². The number of benzene rings is 1. The Balaban J connectivity index is 2.80. The molecule has 0 fully saturated rings. The van der Waals surface area contributed by atoms with Crippen molar-refractivity contribution in [3.63, 3.8) is 0 Å². The van der Waals surface area contributed by atoms with Gasteiger partial charge in [0.25, 0.3) is 9.24 Å². The third-order valence-corrected chi connectivity index (χ3v) is 3.74. The molecule has 0 atom stereocenters. The minimum atomic E-state index is -3.62. The second-order valence-electron chi connectivity index (χ2n) is 2.83. The van der Waals surface area contributed by atoms with Crippen LogP contribution in [0.1, 0.15) is 5.56 Å². The Morgan fingerprint density at radius 3 is 2.64 bits per heavy atom. The largest absolute Gasteiger partial charge is 0.299 e. The molecule has 0 aliphatic rings. The normalized spacial score (nSPS) is 12.0. The summed E-state index contributed by atoms with van der Waals surface area (Å²) in [5, 5.41) is 0. The molecular weight excluding hydrogens is 290 g/mol. The molecule has 0 N–H and O–H groups in total. The lowest BCUT2D eigenvalue weighted by molar-refractivity contribution is 0.480. The summed E-state index contributed by atoms with van der Waals surface area (Å²) >= 11 is 3.30. The fraction of sp³-hybridized carbons (Fsp3) is 0.250. The average Bonchev–Trinajstić information content (AvgIpc) is 2.02. The van der Waals surface area contributed by atoms with Crippen molar-refractivity contribution in [3.05, 3.63) is 34.3 Å². The highest BCUT2D eigenvalue weighted by Gasteiger charge is 2.13. The molecule has 0 aromatic heterocycles. The Morgan fingerprint density at radius 1 is 1.50 bits per heavy atom. The van der Waals surface area contributed by atoms with Crippen LogP contribution in [0.5, 0.6) is 0 Å². The molecule has 0 aliphatic heterocycles. The summed E-state index contributed by atoms with van der Waals surface area (Å²) < 4.78 is 23.8. The van der Waals surface area contributed by atoms with Gasteiger partial charge in [0, 0.05) is 28.7 Å². The first-order chi connectivity index (χ1) is 6.39. The lowest BCUT2D eigenvalue weighted by Crippen LogP contribution is -2.21. The average molecular weight is 299 g/mol. The predicted octanol–water partition coefficient (Wildman–Crippen LogP) is 2.36. The summed E-state index contributed by atoms with van der Waals surface area (Å²) in [6.07, 6.45) is 0. The highest BCUT2D eigenvalue weighted by molar-refractivity contribution is 9.10. The van der Waals surface area contributed by atoms with E-state index in [1.54, 1.807) is 0 Å². The maximum absolute atomic E-state index is 10.9. The molecule has 1 aromatic carbocycles. The third kappa shape index (κ3) is 3.57. The summed E-state index contributed by atoms with van der Waals surface area (Å²) in [6.45, 7) is 0.269. The van der Waals surface area contributed by atoms with Gasteiger partial charge in [0.1, 0.15) is 0 Å². The van der Waals surface area contributed by atoms with Crippen LogP contribution in [-0.2, 0) is 15.8 Å². The van der Waals surface area contributed by atoms with Crippen molar-refractivity contribution in [2.24, 2.45) is 0 Å². The zero-order valence-electron chi connectivity index (χ0n) is 7.44. The molecule has 6 heteroatoms. The van der Waals surface area contributed by atoms with E-state index in [-0.39, 0.29) is 6.54 Å². The fourth-order valence-corrected chi connectivity index (χ4v) is 1.87. The second-order valence-corrected chi connectivity index (χ2v) is 6.36. The first kappa shape index (κ1) is 12.0. The van der Waals surface area contributed by atoms with Gasteiger partial charge in [0.05, 0.1) is 0 Å². The number of halogens is 2. The van der Waals surface area contributed by atoms with Crippen molar-refractivity contribution in [1.29, 1.82) is 0 Å². The van der Waals surface area contributed by atoms with E-state index < -0.39 is 9.24 Å². The quantitative estimate of drug-likeness (QED) is 0.803. The zero-order chi connectivity index (χ0) is 10.8. The van der Waals surface area contributed by atoms with E-state index in [0.717, 1.165) is 14.3 Å². The van der Waals surface area contributed by atoms with Crippen LogP contribution in [0.25, 0.3) is 0 Å².